The Labute approximate surface area is 141 Å². The predicted octanol–water partition coefficient (Wildman–Crippen LogP) is 3.99. The number of carbonyl (C=O) groups is 2. The molecule has 1 amide bonds. The largest absolute Gasteiger partial charge is 0.465 e. The Bertz CT molecular complexity index is 704. The maximum Gasteiger partial charge on any atom is 0.331 e. The zero-order valence-electron chi connectivity index (χ0n) is 13.8. The quantitative estimate of drug-likeness (QED) is 0.617. The number of benzene rings is 1. The molecule has 0 aliphatic rings. The van der Waals surface area contributed by atoms with E-state index in [1.165, 1.54) is 18.4 Å². The third-order valence-electron chi connectivity index (χ3n) is 3.65. The van der Waals surface area contributed by atoms with Crippen molar-refractivity contribution < 1.29 is 18.7 Å². The van der Waals surface area contributed by atoms with Crippen LogP contribution in [-0.4, -0.2) is 18.5 Å². The summed E-state index contributed by atoms with van der Waals surface area (Å²) in [6, 6.07) is 11.1. The summed E-state index contributed by atoms with van der Waals surface area (Å²) in [5.41, 5.74) is 1.82. The molecule has 24 heavy (non-hydrogen) atoms. The molecule has 2 aromatic rings. The van der Waals surface area contributed by atoms with E-state index in [1.54, 1.807) is 12.1 Å². The van der Waals surface area contributed by atoms with E-state index >= 15 is 0 Å². The van der Waals surface area contributed by atoms with Gasteiger partial charge < -0.3 is 14.5 Å². The van der Waals surface area contributed by atoms with Gasteiger partial charge in [-0.3, -0.25) is 4.79 Å². The van der Waals surface area contributed by atoms with Gasteiger partial charge in [-0.1, -0.05) is 32.0 Å². The normalized spacial score (nSPS) is 12.1. The van der Waals surface area contributed by atoms with E-state index in [1.807, 2.05) is 24.3 Å². The van der Waals surface area contributed by atoms with Crippen molar-refractivity contribution in [2.75, 3.05) is 11.9 Å². The van der Waals surface area contributed by atoms with Crippen LogP contribution in [0.2, 0.25) is 0 Å². The van der Waals surface area contributed by atoms with Crippen LogP contribution in [0.3, 0.4) is 0 Å². The Morgan fingerprint density at radius 3 is 2.75 bits per heavy atom. The van der Waals surface area contributed by atoms with Gasteiger partial charge in [0.05, 0.1) is 6.26 Å². The van der Waals surface area contributed by atoms with Crippen molar-refractivity contribution in [1.29, 1.82) is 0 Å². The average molecular weight is 327 g/mol. The number of hydrogen-bond donors (Lipinski definition) is 1. The Balaban J connectivity index is 1.86. The Hall–Kier alpha value is -2.82. The molecule has 1 N–H and O–H groups in total. The second kappa shape index (κ2) is 8.72. The van der Waals surface area contributed by atoms with Crippen LogP contribution in [0.25, 0.3) is 6.08 Å². The Morgan fingerprint density at radius 1 is 1.25 bits per heavy atom. The number of anilines is 1. The highest BCUT2D eigenvalue weighted by molar-refractivity contribution is 5.95. The second-order valence-electron chi connectivity index (χ2n) is 5.40. The standard InChI is InChI=1S/C19H21NO4/c1-3-14(2)16-8-4-5-9-17(16)20-18(21)13-24-19(22)11-10-15-7-6-12-23-15/h4-12,14H,3,13H2,1-2H3,(H,20,21)/b11-10+/t14-/m0/s1. The molecular formula is C19H21NO4. The second-order valence-corrected chi connectivity index (χ2v) is 5.40. The van der Waals surface area contributed by atoms with Crippen molar-refractivity contribution in [2.45, 2.75) is 26.2 Å². The van der Waals surface area contributed by atoms with Crippen molar-refractivity contribution >= 4 is 23.6 Å². The molecule has 0 fully saturated rings. The first-order valence-corrected chi connectivity index (χ1v) is 7.87. The summed E-state index contributed by atoms with van der Waals surface area (Å²) in [5, 5.41) is 2.79. The van der Waals surface area contributed by atoms with Crippen molar-refractivity contribution in [3.05, 3.63) is 60.1 Å². The summed E-state index contributed by atoms with van der Waals surface area (Å²) >= 11 is 0. The maximum atomic E-state index is 12.0. The van der Waals surface area contributed by atoms with Gasteiger partial charge >= 0.3 is 5.97 Å². The molecule has 1 aromatic carbocycles. The molecule has 126 valence electrons. The Kier molecular flexibility index (Phi) is 6.37. The highest BCUT2D eigenvalue weighted by Gasteiger charge is 2.12. The van der Waals surface area contributed by atoms with E-state index < -0.39 is 5.97 Å². The van der Waals surface area contributed by atoms with Gasteiger partial charge in [0.25, 0.3) is 5.91 Å². The minimum Gasteiger partial charge on any atom is -0.465 e. The van der Waals surface area contributed by atoms with Crippen molar-refractivity contribution in [1.82, 2.24) is 0 Å². The number of ether oxygens (including phenoxy) is 1. The molecule has 2 rings (SSSR count). The van der Waals surface area contributed by atoms with E-state index in [0.29, 0.717) is 11.7 Å². The van der Waals surface area contributed by atoms with E-state index in [9.17, 15) is 9.59 Å². The summed E-state index contributed by atoms with van der Waals surface area (Å²) in [6.45, 7) is 3.86. The minimum absolute atomic E-state index is 0.334. The summed E-state index contributed by atoms with van der Waals surface area (Å²) in [5.74, 6) is -0.0959. The van der Waals surface area contributed by atoms with Gasteiger partial charge in [0.15, 0.2) is 6.61 Å². The number of rotatable bonds is 7. The molecule has 0 saturated carbocycles. The highest BCUT2D eigenvalue weighted by Crippen LogP contribution is 2.26. The van der Waals surface area contributed by atoms with Crippen molar-refractivity contribution in [3.8, 4) is 0 Å². The van der Waals surface area contributed by atoms with Gasteiger partial charge in [-0.05, 0) is 42.2 Å². The highest BCUT2D eigenvalue weighted by atomic mass is 16.5. The lowest BCUT2D eigenvalue weighted by Gasteiger charge is -2.15. The molecule has 0 unspecified atom stereocenters. The van der Waals surface area contributed by atoms with E-state index in [4.69, 9.17) is 9.15 Å². The molecular weight excluding hydrogens is 306 g/mol. The van der Waals surface area contributed by atoms with Gasteiger partial charge in [0.2, 0.25) is 0 Å². The van der Waals surface area contributed by atoms with Crippen LogP contribution >= 0.6 is 0 Å². The average Bonchev–Trinajstić information content (AvgIpc) is 3.11. The summed E-state index contributed by atoms with van der Waals surface area (Å²) < 4.78 is 9.98. The number of hydrogen-bond acceptors (Lipinski definition) is 4. The first-order chi connectivity index (χ1) is 11.6. The molecule has 0 aliphatic carbocycles. The zero-order valence-corrected chi connectivity index (χ0v) is 13.8. The van der Waals surface area contributed by atoms with Crippen LogP contribution in [0, 0.1) is 0 Å². The van der Waals surface area contributed by atoms with Crippen LogP contribution in [-0.2, 0) is 14.3 Å². The molecule has 0 aliphatic heterocycles. The van der Waals surface area contributed by atoms with Crippen LogP contribution < -0.4 is 5.32 Å². The number of carbonyl (C=O) groups excluding carboxylic acids is 2. The first-order valence-electron chi connectivity index (χ1n) is 7.87. The topological polar surface area (TPSA) is 68.5 Å². The molecule has 1 atom stereocenters. The van der Waals surface area contributed by atoms with Crippen LogP contribution in [0.15, 0.2) is 53.2 Å². The fourth-order valence-corrected chi connectivity index (χ4v) is 2.17. The minimum atomic E-state index is -0.600. The lowest BCUT2D eigenvalue weighted by Crippen LogP contribution is -2.21. The molecule has 0 saturated heterocycles. The number of furan rings is 1. The molecule has 0 bridgehead atoms. The summed E-state index contributed by atoms with van der Waals surface area (Å²) in [6.07, 6.45) is 5.18. The van der Waals surface area contributed by atoms with Gasteiger partial charge in [-0.2, -0.15) is 0 Å². The molecule has 1 aromatic heterocycles. The summed E-state index contributed by atoms with van der Waals surface area (Å²) in [7, 11) is 0. The smallest absolute Gasteiger partial charge is 0.331 e. The molecule has 0 radical (unpaired) electrons. The third kappa shape index (κ3) is 5.12. The molecule has 5 heteroatoms. The number of esters is 1. The van der Waals surface area contributed by atoms with Crippen LogP contribution in [0.5, 0.6) is 0 Å². The maximum absolute atomic E-state index is 12.0. The predicted molar refractivity (Wildman–Crippen MR) is 92.5 cm³/mol. The molecule has 1 heterocycles. The first kappa shape index (κ1) is 17.5. The fraction of sp³-hybridized carbons (Fsp3) is 0.263. The van der Waals surface area contributed by atoms with Crippen molar-refractivity contribution in [3.63, 3.8) is 0 Å². The van der Waals surface area contributed by atoms with Gasteiger partial charge in [0.1, 0.15) is 5.76 Å². The SMILES string of the molecule is CC[C@H](C)c1ccccc1NC(=O)COC(=O)/C=C/c1ccco1. The third-order valence-corrected chi connectivity index (χ3v) is 3.65. The Morgan fingerprint density at radius 2 is 2.04 bits per heavy atom. The van der Waals surface area contributed by atoms with E-state index in [2.05, 4.69) is 19.2 Å². The van der Waals surface area contributed by atoms with E-state index in [-0.39, 0.29) is 12.5 Å². The van der Waals surface area contributed by atoms with Gasteiger partial charge in [-0.15, -0.1) is 0 Å². The lowest BCUT2D eigenvalue weighted by atomic mass is 9.97. The van der Waals surface area contributed by atoms with Gasteiger partial charge in [0, 0.05) is 11.8 Å². The zero-order chi connectivity index (χ0) is 17.4. The number of nitrogens with one attached hydrogen (secondary N) is 1. The van der Waals surface area contributed by atoms with Crippen LogP contribution in [0.1, 0.15) is 37.5 Å². The molecule has 5 nitrogen and oxygen atoms in total. The van der Waals surface area contributed by atoms with Crippen molar-refractivity contribution in [2.24, 2.45) is 0 Å². The number of para-hydroxylation sites is 1. The van der Waals surface area contributed by atoms with E-state index in [0.717, 1.165) is 17.7 Å². The molecule has 0 spiro atoms. The van der Waals surface area contributed by atoms with Crippen LogP contribution in [0.4, 0.5) is 5.69 Å². The number of amides is 1. The monoisotopic (exact) mass is 327 g/mol. The summed E-state index contributed by atoms with van der Waals surface area (Å²) in [4.78, 5) is 23.6. The fourth-order valence-electron chi connectivity index (χ4n) is 2.17. The lowest BCUT2D eigenvalue weighted by molar-refractivity contribution is -0.142. The van der Waals surface area contributed by atoms with Gasteiger partial charge in [-0.25, -0.2) is 4.79 Å².